The van der Waals surface area contributed by atoms with Crippen LogP contribution >= 0.6 is 32.3 Å². The summed E-state index contributed by atoms with van der Waals surface area (Å²) in [5, 5.41) is 0.244. The number of hydrogen-bond donors (Lipinski definition) is 0. The zero-order valence-corrected chi connectivity index (χ0v) is 6.65. The van der Waals surface area contributed by atoms with Gasteiger partial charge in [-0.1, -0.05) is 11.6 Å². The quantitative estimate of drug-likeness (QED) is 0.458. The Labute approximate surface area is 61.0 Å². The third-order valence-corrected chi connectivity index (χ3v) is 2.23. The van der Waals surface area contributed by atoms with Gasteiger partial charge in [-0.05, 0) is 30.8 Å². The van der Waals surface area contributed by atoms with Crippen LogP contribution in [0.3, 0.4) is 0 Å². The SMILES string of the molecule is FC1=NC(Cl)=CC=I1. The molecule has 0 amide bonds. The van der Waals surface area contributed by atoms with Crippen molar-refractivity contribution in [1.29, 1.82) is 0 Å². The molecule has 0 aliphatic carbocycles. The van der Waals surface area contributed by atoms with E-state index in [0.717, 1.165) is 0 Å². The molecule has 1 aliphatic rings. The Morgan fingerprint density at radius 1 is 1.75 bits per heavy atom. The van der Waals surface area contributed by atoms with Gasteiger partial charge in [0.2, 0.25) is 3.97 Å². The van der Waals surface area contributed by atoms with Gasteiger partial charge in [0.05, 0.1) is 0 Å². The van der Waals surface area contributed by atoms with E-state index in [1.807, 2.05) is 0 Å². The van der Waals surface area contributed by atoms with Gasteiger partial charge in [-0.3, -0.25) is 0 Å². The summed E-state index contributed by atoms with van der Waals surface area (Å²) in [7, 11) is 0. The predicted octanol–water partition coefficient (Wildman–Crippen LogP) is 2.18. The maximum absolute atomic E-state index is 12.1. The molecule has 0 bridgehead atoms. The average molecular weight is 245 g/mol. The average Bonchev–Trinajstić information content (AvgIpc) is 1.64. The molecule has 0 aromatic heterocycles. The van der Waals surface area contributed by atoms with E-state index >= 15 is 0 Å². The van der Waals surface area contributed by atoms with Gasteiger partial charge in [0.25, 0.3) is 0 Å². The summed E-state index contributed by atoms with van der Waals surface area (Å²) >= 11 is 4.75. The number of nitrogens with zero attached hydrogens (tertiary/aromatic N) is 1. The molecule has 1 heterocycles. The summed E-state index contributed by atoms with van der Waals surface area (Å²) in [6.07, 6.45) is 1.62. The zero-order valence-electron chi connectivity index (χ0n) is 3.74. The molecule has 0 saturated carbocycles. The number of allylic oxidation sites excluding steroid dienone is 1. The minimum atomic E-state index is -0.578. The highest BCUT2D eigenvalue weighted by Crippen LogP contribution is 2.14. The van der Waals surface area contributed by atoms with Crippen molar-refractivity contribution in [2.45, 2.75) is 0 Å². The van der Waals surface area contributed by atoms with Gasteiger partial charge in [-0.2, -0.15) is 4.39 Å². The van der Waals surface area contributed by atoms with E-state index in [-0.39, 0.29) is 9.13 Å². The largest absolute Gasteiger partial charge is 0.245 e. The fourth-order valence-corrected chi connectivity index (χ4v) is 1.99. The molecule has 0 N–H and O–H groups in total. The van der Waals surface area contributed by atoms with E-state index in [9.17, 15) is 4.39 Å². The van der Waals surface area contributed by atoms with Crippen molar-refractivity contribution in [1.82, 2.24) is 0 Å². The van der Waals surface area contributed by atoms with Crippen LogP contribution < -0.4 is 0 Å². The van der Waals surface area contributed by atoms with Crippen LogP contribution in [0.4, 0.5) is 4.39 Å². The van der Waals surface area contributed by atoms with Crippen LogP contribution in [0.25, 0.3) is 0 Å². The second-order valence-electron chi connectivity index (χ2n) is 1.08. The molecule has 1 aliphatic heterocycles. The molecular formula is C4H2ClFIN. The monoisotopic (exact) mass is 245 g/mol. The number of halogens is 3. The Morgan fingerprint density at radius 2 is 2.50 bits per heavy atom. The van der Waals surface area contributed by atoms with Crippen molar-refractivity contribution in [2.75, 3.05) is 0 Å². The molecule has 0 atom stereocenters. The molecule has 1 nitrogen and oxygen atoms in total. The van der Waals surface area contributed by atoms with E-state index in [1.165, 1.54) is 0 Å². The maximum Gasteiger partial charge on any atom is 0.245 e. The van der Waals surface area contributed by atoms with E-state index in [0.29, 0.717) is 0 Å². The molecule has 0 fully saturated rings. The molecule has 0 unspecified atom stereocenters. The summed E-state index contributed by atoms with van der Waals surface area (Å²) < 4.78 is 13.5. The lowest BCUT2D eigenvalue weighted by atomic mass is 10.7. The summed E-state index contributed by atoms with van der Waals surface area (Å²) in [5.41, 5.74) is 0. The second-order valence-corrected chi connectivity index (χ2v) is 3.70. The smallest absolute Gasteiger partial charge is 0.203 e. The highest BCUT2D eigenvalue weighted by atomic mass is 127. The van der Waals surface area contributed by atoms with Crippen molar-refractivity contribution >= 4 is 40.3 Å². The van der Waals surface area contributed by atoms with Crippen LogP contribution in [-0.4, -0.2) is 7.98 Å². The Bertz CT molecular complexity index is 182. The minimum Gasteiger partial charge on any atom is -0.203 e. The lowest BCUT2D eigenvalue weighted by molar-refractivity contribution is 0.835. The van der Waals surface area contributed by atoms with Crippen molar-refractivity contribution in [2.24, 2.45) is 4.99 Å². The van der Waals surface area contributed by atoms with Crippen LogP contribution in [0, 0.1) is 0 Å². The van der Waals surface area contributed by atoms with Gasteiger partial charge >= 0.3 is 0 Å². The van der Waals surface area contributed by atoms with Gasteiger partial charge in [0.1, 0.15) is 5.16 Å². The number of hydrogen-bond acceptors (Lipinski definition) is 1. The first-order valence-corrected chi connectivity index (χ1v) is 4.56. The van der Waals surface area contributed by atoms with Gasteiger partial charge in [-0.25, -0.2) is 4.99 Å². The molecule has 44 valence electrons. The fourth-order valence-electron chi connectivity index (χ4n) is 0.278. The number of aliphatic imine (C=N–C) groups is 1. The molecule has 0 spiro atoms. The summed E-state index contributed by atoms with van der Waals surface area (Å²) in [6, 6.07) is 0. The van der Waals surface area contributed by atoms with Crippen LogP contribution in [-0.2, 0) is 0 Å². The lowest BCUT2D eigenvalue weighted by Crippen LogP contribution is -1.80. The van der Waals surface area contributed by atoms with E-state index < -0.39 is 20.7 Å². The Kier molecular flexibility index (Phi) is 2.13. The third-order valence-electron chi connectivity index (χ3n) is 0.545. The van der Waals surface area contributed by atoms with Crippen LogP contribution in [0.5, 0.6) is 0 Å². The number of rotatable bonds is 0. The first kappa shape index (κ1) is 6.35. The second kappa shape index (κ2) is 2.68. The fraction of sp³-hybridized carbons (Fsp3) is 0. The first-order chi connectivity index (χ1) is 3.79. The van der Waals surface area contributed by atoms with Gasteiger partial charge in [0, 0.05) is 0 Å². The van der Waals surface area contributed by atoms with Crippen molar-refractivity contribution in [3.8, 4) is 0 Å². The van der Waals surface area contributed by atoms with Crippen molar-refractivity contribution in [3.05, 3.63) is 11.2 Å². The van der Waals surface area contributed by atoms with E-state index in [4.69, 9.17) is 11.6 Å². The molecule has 4 heteroatoms. The van der Waals surface area contributed by atoms with Crippen LogP contribution in [0.1, 0.15) is 0 Å². The molecule has 8 heavy (non-hydrogen) atoms. The van der Waals surface area contributed by atoms with E-state index in [2.05, 4.69) is 4.99 Å². The van der Waals surface area contributed by atoms with Crippen molar-refractivity contribution < 1.29 is 4.39 Å². The molecule has 1 rings (SSSR count). The van der Waals surface area contributed by atoms with Gasteiger partial charge in [0.15, 0.2) is 0 Å². The molecule has 0 aromatic rings. The van der Waals surface area contributed by atoms with Crippen LogP contribution in [0.2, 0.25) is 0 Å². The summed E-state index contributed by atoms with van der Waals surface area (Å²) in [5.74, 6) is 0. The standard InChI is InChI=1S/C4H2ClFIN/c5-3-1-2-7-4(6)8-3/h1-2H. The van der Waals surface area contributed by atoms with E-state index in [1.54, 1.807) is 10.1 Å². The summed E-state index contributed by atoms with van der Waals surface area (Å²) in [6.45, 7) is 0. The third kappa shape index (κ3) is 1.63. The highest BCUT2D eigenvalue weighted by Gasteiger charge is 1.95. The normalized spacial score (nSPS) is 18.8. The highest BCUT2D eigenvalue weighted by molar-refractivity contribution is 14.2. The maximum atomic E-state index is 12.1. The van der Waals surface area contributed by atoms with Crippen molar-refractivity contribution in [3.63, 3.8) is 0 Å². The topological polar surface area (TPSA) is 12.4 Å². The molecule has 0 saturated heterocycles. The minimum absolute atomic E-state index is 0.244. The van der Waals surface area contributed by atoms with Gasteiger partial charge in [-0.15, -0.1) is 0 Å². The lowest BCUT2D eigenvalue weighted by Gasteiger charge is -1.90. The van der Waals surface area contributed by atoms with Crippen LogP contribution in [0.15, 0.2) is 16.2 Å². The molecular weight excluding hydrogens is 243 g/mol. The zero-order chi connectivity index (χ0) is 5.98. The first-order valence-electron chi connectivity index (χ1n) is 1.85. The Hall–Kier alpha value is 0.230. The Morgan fingerprint density at radius 3 is 2.88 bits per heavy atom. The summed E-state index contributed by atoms with van der Waals surface area (Å²) in [4.78, 5) is 3.38. The molecule has 0 radical (unpaired) electrons. The van der Waals surface area contributed by atoms with Gasteiger partial charge < -0.3 is 0 Å². The Balaban J connectivity index is 2.89. The predicted molar refractivity (Wildman–Crippen MR) is 42.6 cm³/mol. The molecule has 0 aromatic carbocycles.